The van der Waals surface area contributed by atoms with Gasteiger partial charge in [-0.05, 0) is 49.6 Å². The second kappa shape index (κ2) is 8.23. The van der Waals surface area contributed by atoms with Crippen LogP contribution in [0.25, 0.3) is 10.9 Å². The topological polar surface area (TPSA) is 54.1 Å². The van der Waals surface area contributed by atoms with Crippen LogP contribution in [0.2, 0.25) is 0 Å². The van der Waals surface area contributed by atoms with Crippen molar-refractivity contribution < 1.29 is 9.53 Å². The number of hydrogen-bond acceptors (Lipinski definition) is 4. The summed E-state index contributed by atoms with van der Waals surface area (Å²) in [5.41, 5.74) is 3.39. The van der Waals surface area contributed by atoms with Crippen molar-refractivity contribution in [3.05, 3.63) is 65.9 Å². The standard InChI is InChI=1S/C20H22N2O2S/c1-3-24-20(23)19(22-25-16-10-8-14(2)9-11-16)12-15-13-21-18-7-5-4-6-17(15)18/h4-11,13,19,21-22H,3,12H2,1-2H3/t19-/m0/s1. The highest BCUT2D eigenvalue weighted by Gasteiger charge is 2.21. The van der Waals surface area contributed by atoms with Crippen LogP contribution in [0.3, 0.4) is 0 Å². The monoisotopic (exact) mass is 354 g/mol. The van der Waals surface area contributed by atoms with Gasteiger partial charge in [0.1, 0.15) is 6.04 Å². The van der Waals surface area contributed by atoms with Gasteiger partial charge in [-0.15, -0.1) is 0 Å². The summed E-state index contributed by atoms with van der Waals surface area (Å²) < 4.78 is 8.52. The summed E-state index contributed by atoms with van der Waals surface area (Å²) in [6.07, 6.45) is 2.54. The highest BCUT2D eigenvalue weighted by atomic mass is 32.2. The average Bonchev–Trinajstić information content (AvgIpc) is 3.03. The van der Waals surface area contributed by atoms with E-state index in [0.29, 0.717) is 13.0 Å². The average molecular weight is 354 g/mol. The summed E-state index contributed by atoms with van der Waals surface area (Å²) in [7, 11) is 0. The second-order valence-corrected chi connectivity index (χ2v) is 6.81. The molecule has 0 bridgehead atoms. The van der Waals surface area contributed by atoms with Gasteiger partial charge in [0.05, 0.1) is 6.61 Å². The van der Waals surface area contributed by atoms with Crippen LogP contribution in [0.15, 0.2) is 59.6 Å². The minimum absolute atomic E-state index is 0.229. The molecular formula is C20H22N2O2S. The molecule has 0 fully saturated rings. The normalized spacial score (nSPS) is 12.2. The number of ether oxygens (including phenoxy) is 1. The summed E-state index contributed by atoms with van der Waals surface area (Å²) in [5, 5.41) is 1.14. The lowest BCUT2D eigenvalue weighted by Crippen LogP contribution is -2.36. The maximum absolute atomic E-state index is 12.4. The number of fused-ring (bicyclic) bond motifs is 1. The quantitative estimate of drug-likeness (QED) is 0.492. The van der Waals surface area contributed by atoms with E-state index in [2.05, 4.69) is 34.8 Å². The smallest absolute Gasteiger partial charge is 0.324 e. The molecule has 0 aliphatic rings. The molecule has 1 aromatic heterocycles. The van der Waals surface area contributed by atoms with Crippen molar-refractivity contribution in [2.75, 3.05) is 6.61 Å². The summed E-state index contributed by atoms with van der Waals surface area (Å²) >= 11 is 1.46. The van der Waals surface area contributed by atoms with Crippen molar-refractivity contribution in [2.24, 2.45) is 0 Å². The minimum atomic E-state index is -0.412. The van der Waals surface area contributed by atoms with Gasteiger partial charge in [0.2, 0.25) is 0 Å². The summed E-state index contributed by atoms with van der Waals surface area (Å²) in [6, 6.07) is 15.9. The molecule has 25 heavy (non-hydrogen) atoms. The predicted molar refractivity (Wildman–Crippen MR) is 103 cm³/mol. The zero-order valence-electron chi connectivity index (χ0n) is 14.4. The first-order valence-electron chi connectivity index (χ1n) is 8.38. The van der Waals surface area contributed by atoms with Crippen molar-refractivity contribution in [3.63, 3.8) is 0 Å². The number of H-pyrrole nitrogens is 1. The van der Waals surface area contributed by atoms with Crippen LogP contribution in [-0.4, -0.2) is 23.6 Å². The third-order valence-corrected chi connectivity index (χ3v) is 4.92. The van der Waals surface area contributed by atoms with E-state index in [9.17, 15) is 4.79 Å². The van der Waals surface area contributed by atoms with E-state index in [4.69, 9.17) is 4.74 Å². The molecule has 1 heterocycles. The predicted octanol–water partition coefficient (Wildman–Crippen LogP) is 4.25. The molecule has 5 heteroatoms. The number of hydrogen-bond donors (Lipinski definition) is 2. The van der Waals surface area contributed by atoms with Crippen LogP contribution in [0.1, 0.15) is 18.1 Å². The third kappa shape index (κ3) is 4.44. The molecule has 0 amide bonds. The molecule has 0 saturated carbocycles. The Labute approximate surface area is 152 Å². The fraction of sp³-hybridized carbons (Fsp3) is 0.250. The van der Waals surface area contributed by atoms with Gasteiger partial charge in [-0.1, -0.05) is 35.9 Å². The Hall–Kier alpha value is -2.24. The number of carbonyl (C=O) groups is 1. The highest BCUT2D eigenvalue weighted by molar-refractivity contribution is 7.97. The van der Waals surface area contributed by atoms with E-state index in [-0.39, 0.29) is 5.97 Å². The first-order valence-corrected chi connectivity index (χ1v) is 9.19. The van der Waals surface area contributed by atoms with Gasteiger partial charge in [0.15, 0.2) is 0 Å². The van der Waals surface area contributed by atoms with Crippen LogP contribution in [0.4, 0.5) is 0 Å². The van der Waals surface area contributed by atoms with Crippen LogP contribution < -0.4 is 4.72 Å². The summed E-state index contributed by atoms with van der Waals surface area (Å²) in [4.78, 5) is 16.7. The Morgan fingerprint density at radius 1 is 1.20 bits per heavy atom. The lowest BCUT2D eigenvalue weighted by molar-refractivity contribution is -0.145. The number of aromatic nitrogens is 1. The fourth-order valence-electron chi connectivity index (χ4n) is 2.68. The Bertz CT molecular complexity index is 842. The summed E-state index contributed by atoms with van der Waals surface area (Å²) in [6.45, 7) is 4.26. The number of rotatable bonds is 7. The zero-order valence-corrected chi connectivity index (χ0v) is 15.2. The van der Waals surface area contributed by atoms with Gasteiger partial charge >= 0.3 is 5.97 Å². The van der Waals surface area contributed by atoms with Gasteiger partial charge in [0.25, 0.3) is 0 Å². The number of benzene rings is 2. The van der Waals surface area contributed by atoms with E-state index in [1.54, 1.807) is 0 Å². The third-order valence-electron chi connectivity index (χ3n) is 4.01. The van der Waals surface area contributed by atoms with Gasteiger partial charge in [-0.3, -0.25) is 4.79 Å². The van der Waals surface area contributed by atoms with Crippen LogP contribution in [0.5, 0.6) is 0 Å². The second-order valence-electron chi connectivity index (χ2n) is 5.90. The number of carbonyl (C=O) groups excluding carboxylic acids is 1. The Morgan fingerprint density at radius 2 is 1.96 bits per heavy atom. The fourth-order valence-corrected chi connectivity index (χ4v) is 3.41. The first kappa shape index (κ1) is 17.6. The maximum atomic E-state index is 12.4. The molecule has 0 aliphatic carbocycles. The summed E-state index contributed by atoms with van der Waals surface area (Å²) in [5.74, 6) is -0.229. The SMILES string of the molecule is CCOC(=O)[C@H](Cc1c[nH]c2ccccc12)NSc1ccc(C)cc1. The number of nitrogens with one attached hydrogen (secondary N) is 2. The lowest BCUT2D eigenvalue weighted by Gasteiger charge is -2.16. The van der Waals surface area contributed by atoms with Crippen molar-refractivity contribution in [2.45, 2.75) is 31.2 Å². The Morgan fingerprint density at radius 3 is 2.72 bits per heavy atom. The van der Waals surface area contributed by atoms with Gasteiger partial charge in [0, 0.05) is 28.4 Å². The molecule has 0 saturated heterocycles. The molecule has 0 unspecified atom stereocenters. The molecule has 0 radical (unpaired) electrons. The molecular weight excluding hydrogens is 332 g/mol. The van der Waals surface area contributed by atoms with E-state index in [0.717, 1.165) is 21.4 Å². The van der Waals surface area contributed by atoms with Gasteiger partial charge in [-0.25, -0.2) is 4.72 Å². The van der Waals surface area contributed by atoms with E-state index in [1.165, 1.54) is 17.5 Å². The van der Waals surface area contributed by atoms with Gasteiger partial charge < -0.3 is 9.72 Å². The minimum Gasteiger partial charge on any atom is -0.465 e. The molecule has 3 rings (SSSR count). The first-order chi connectivity index (χ1) is 12.2. The van der Waals surface area contributed by atoms with Gasteiger partial charge in [-0.2, -0.15) is 0 Å². The Kier molecular flexibility index (Phi) is 5.79. The van der Waals surface area contributed by atoms with Crippen LogP contribution in [-0.2, 0) is 16.0 Å². The number of aromatic amines is 1. The van der Waals surface area contributed by atoms with Crippen molar-refractivity contribution in [1.82, 2.24) is 9.71 Å². The molecule has 3 aromatic rings. The molecule has 2 aromatic carbocycles. The molecule has 130 valence electrons. The molecule has 4 nitrogen and oxygen atoms in total. The van der Waals surface area contributed by atoms with E-state index < -0.39 is 6.04 Å². The number of para-hydroxylation sites is 1. The molecule has 2 N–H and O–H groups in total. The van der Waals surface area contributed by atoms with Crippen LogP contribution >= 0.6 is 11.9 Å². The number of aryl methyl sites for hydroxylation is 1. The van der Waals surface area contributed by atoms with Crippen LogP contribution in [0, 0.1) is 6.92 Å². The van der Waals surface area contributed by atoms with Crippen molar-refractivity contribution in [1.29, 1.82) is 0 Å². The molecule has 0 aliphatic heterocycles. The van der Waals surface area contributed by atoms with Crippen molar-refractivity contribution >= 4 is 28.8 Å². The van der Waals surface area contributed by atoms with E-state index >= 15 is 0 Å². The van der Waals surface area contributed by atoms with Crippen molar-refractivity contribution in [3.8, 4) is 0 Å². The van der Waals surface area contributed by atoms with E-state index in [1.807, 2.05) is 43.5 Å². The zero-order chi connectivity index (χ0) is 17.6. The Balaban J connectivity index is 1.74. The molecule has 1 atom stereocenters. The maximum Gasteiger partial charge on any atom is 0.324 e. The number of esters is 1. The largest absolute Gasteiger partial charge is 0.465 e. The lowest BCUT2D eigenvalue weighted by atomic mass is 10.1. The highest BCUT2D eigenvalue weighted by Crippen LogP contribution is 2.21. The molecule has 0 spiro atoms.